The van der Waals surface area contributed by atoms with Crippen LogP contribution < -0.4 is 0 Å². The predicted octanol–water partition coefficient (Wildman–Crippen LogP) is 7.78. The molecular formula is C21H43BrO. The number of rotatable bonds is 18. The highest BCUT2D eigenvalue weighted by molar-refractivity contribution is 9.09. The summed E-state index contributed by atoms with van der Waals surface area (Å²) in [5.74, 6) is 0. The van der Waals surface area contributed by atoms with Crippen molar-refractivity contribution in [2.45, 2.75) is 129 Å². The number of halogens is 1. The average Bonchev–Trinajstić information content (AvgIpc) is 2.54. The van der Waals surface area contributed by atoms with Crippen LogP contribution in [0.25, 0.3) is 0 Å². The zero-order valence-electron chi connectivity index (χ0n) is 16.1. The van der Waals surface area contributed by atoms with Crippen molar-refractivity contribution in [2.24, 2.45) is 0 Å². The van der Waals surface area contributed by atoms with E-state index in [0.29, 0.717) is 0 Å². The molecule has 0 fully saturated rings. The molecule has 0 saturated carbocycles. The van der Waals surface area contributed by atoms with Crippen molar-refractivity contribution in [2.75, 3.05) is 5.33 Å². The molecule has 0 unspecified atom stereocenters. The number of hydrogen-bond acceptors (Lipinski definition) is 1. The SMILES string of the molecule is CCCCCCCCC(O)(CCCCBr)CCCCCCCC. The third kappa shape index (κ3) is 15.7. The van der Waals surface area contributed by atoms with Gasteiger partial charge in [-0.2, -0.15) is 0 Å². The number of unbranched alkanes of at least 4 members (excludes halogenated alkanes) is 11. The normalized spacial score (nSPS) is 12.0. The van der Waals surface area contributed by atoms with E-state index in [0.717, 1.165) is 31.0 Å². The Balaban J connectivity index is 3.93. The highest BCUT2D eigenvalue weighted by Crippen LogP contribution is 2.28. The van der Waals surface area contributed by atoms with E-state index < -0.39 is 0 Å². The van der Waals surface area contributed by atoms with Gasteiger partial charge in [-0.3, -0.25) is 0 Å². The Morgan fingerprint density at radius 2 is 0.913 bits per heavy atom. The van der Waals surface area contributed by atoms with Crippen molar-refractivity contribution in [3.8, 4) is 0 Å². The zero-order valence-corrected chi connectivity index (χ0v) is 17.6. The highest BCUT2D eigenvalue weighted by atomic mass is 79.9. The topological polar surface area (TPSA) is 20.2 Å². The van der Waals surface area contributed by atoms with Crippen molar-refractivity contribution in [3.05, 3.63) is 0 Å². The van der Waals surface area contributed by atoms with Crippen LogP contribution >= 0.6 is 15.9 Å². The first-order valence-electron chi connectivity index (χ1n) is 10.5. The van der Waals surface area contributed by atoms with Crippen LogP contribution in [0.15, 0.2) is 0 Å². The lowest BCUT2D eigenvalue weighted by molar-refractivity contribution is 0.00755. The summed E-state index contributed by atoms with van der Waals surface area (Å²) in [5.41, 5.74) is -0.377. The second-order valence-corrected chi connectivity index (χ2v) is 8.20. The summed E-state index contributed by atoms with van der Waals surface area (Å²) in [5, 5.41) is 12.1. The molecule has 1 N–H and O–H groups in total. The van der Waals surface area contributed by atoms with Crippen LogP contribution in [0.1, 0.15) is 123 Å². The third-order valence-electron chi connectivity index (χ3n) is 5.02. The highest BCUT2D eigenvalue weighted by Gasteiger charge is 2.25. The first-order chi connectivity index (χ1) is 11.2. The van der Waals surface area contributed by atoms with Crippen LogP contribution in [0, 0.1) is 0 Å². The van der Waals surface area contributed by atoms with Crippen LogP contribution in [0.3, 0.4) is 0 Å². The summed E-state index contributed by atoms with van der Waals surface area (Å²) in [6.45, 7) is 4.53. The standard InChI is InChI=1S/C21H43BrO/c1-3-5-7-9-11-13-17-21(23,19-15-16-20-22)18-14-12-10-8-6-4-2/h23H,3-20H2,1-2H3. The molecule has 0 aromatic rings. The first kappa shape index (κ1) is 23.4. The maximum atomic E-state index is 11.0. The summed E-state index contributed by atoms with van der Waals surface area (Å²) >= 11 is 3.51. The van der Waals surface area contributed by atoms with Crippen LogP contribution in [0.4, 0.5) is 0 Å². The Morgan fingerprint density at radius 1 is 0.565 bits per heavy atom. The molecule has 0 spiro atoms. The molecule has 0 atom stereocenters. The molecule has 2 heteroatoms. The van der Waals surface area contributed by atoms with Gasteiger partial charge >= 0.3 is 0 Å². The van der Waals surface area contributed by atoms with Gasteiger partial charge in [0.15, 0.2) is 0 Å². The molecule has 0 aliphatic rings. The van der Waals surface area contributed by atoms with Crippen LogP contribution in [-0.2, 0) is 0 Å². The van der Waals surface area contributed by atoms with Gasteiger partial charge in [-0.15, -0.1) is 0 Å². The van der Waals surface area contributed by atoms with Crippen LogP contribution in [-0.4, -0.2) is 16.0 Å². The second-order valence-electron chi connectivity index (χ2n) is 7.41. The van der Waals surface area contributed by atoms with Crippen molar-refractivity contribution < 1.29 is 5.11 Å². The number of aliphatic hydroxyl groups is 1. The van der Waals surface area contributed by atoms with Gasteiger partial charge in [0.1, 0.15) is 0 Å². The van der Waals surface area contributed by atoms with Gasteiger partial charge in [0, 0.05) is 5.33 Å². The van der Waals surface area contributed by atoms with Crippen LogP contribution in [0.5, 0.6) is 0 Å². The summed E-state index contributed by atoms with van der Waals surface area (Å²) in [6.07, 6.45) is 21.2. The molecule has 140 valence electrons. The minimum Gasteiger partial charge on any atom is -0.390 e. The van der Waals surface area contributed by atoms with Gasteiger partial charge in [0.05, 0.1) is 5.60 Å². The number of hydrogen-bond donors (Lipinski definition) is 1. The average molecular weight is 391 g/mol. The monoisotopic (exact) mass is 390 g/mol. The Hall–Kier alpha value is 0.440. The van der Waals surface area contributed by atoms with E-state index in [1.54, 1.807) is 0 Å². The molecule has 0 aromatic carbocycles. The largest absolute Gasteiger partial charge is 0.390 e. The minimum atomic E-state index is -0.377. The molecular weight excluding hydrogens is 348 g/mol. The van der Waals surface area contributed by atoms with E-state index >= 15 is 0 Å². The van der Waals surface area contributed by atoms with Gasteiger partial charge < -0.3 is 5.11 Å². The molecule has 0 saturated heterocycles. The number of alkyl halides is 1. The molecule has 0 aliphatic heterocycles. The van der Waals surface area contributed by atoms with Crippen LogP contribution in [0.2, 0.25) is 0 Å². The molecule has 1 nitrogen and oxygen atoms in total. The second kappa shape index (κ2) is 17.3. The summed E-state index contributed by atoms with van der Waals surface area (Å²) < 4.78 is 0. The molecule has 0 bridgehead atoms. The molecule has 0 amide bonds. The van der Waals surface area contributed by atoms with E-state index in [1.165, 1.54) is 83.5 Å². The fourth-order valence-corrected chi connectivity index (χ4v) is 3.79. The summed E-state index contributed by atoms with van der Waals surface area (Å²) in [4.78, 5) is 0. The van der Waals surface area contributed by atoms with E-state index in [4.69, 9.17) is 0 Å². The van der Waals surface area contributed by atoms with E-state index in [1.807, 2.05) is 0 Å². The van der Waals surface area contributed by atoms with E-state index in [-0.39, 0.29) is 5.60 Å². The maximum absolute atomic E-state index is 11.0. The van der Waals surface area contributed by atoms with Gasteiger partial charge in [0.2, 0.25) is 0 Å². The fraction of sp³-hybridized carbons (Fsp3) is 1.00. The maximum Gasteiger partial charge on any atom is 0.0647 e. The van der Waals surface area contributed by atoms with Gasteiger partial charge in [0.25, 0.3) is 0 Å². The summed E-state index contributed by atoms with van der Waals surface area (Å²) in [6, 6.07) is 0. The van der Waals surface area contributed by atoms with Gasteiger partial charge in [-0.25, -0.2) is 0 Å². The third-order valence-corrected chi connectivity index (χ3v) is 5.58. The van der Waals surface area contributed by atoms with Crippen molar-refractivity contribution in [3.63, 3.8) is 0 Å². The van der Waals surface area contributed by atoms with Gasteiger partial charge in [-0.1, -0.05) is 107 Å². The van der Waals surface area contributed by atoms with E-state index in [9.17, 15) is 5.11 Å². The lowest BCUT2D eigenvalue weighted by Gasteiger charge is -2.28. The molecule has 0 radical (unpaired) electrons. The Labute approximate surface area is 155 Å². The molecule has 0 rings (SSSR count). The molecule has 0 aromatic heterocycles. The minimum absolute atomic E-state index is 0.377. The van der Waals surface area contributed by atoms with Crippen molar-refractivity contribution in [1.82, 2.24) is 0 Å². The first-order valence-corrected chi connectivity index (χ1v) is 11.6. The molecule has 0 aliphatic carbocycles. The van der Waals surface area contributed by atoms with Gasteiger partial charge in [-0.05, 0) is 32.1 Å². The zero-order chi connectivity index (χ0) is 17.2. The predicted molar refractivity (Wildman–Crippen MR) is 109 cm³/mol. The van der Waals surface area contributed by atoms with E-state index in [2.05, 4.69) is 29.8 Å². The molecule has 0 heterocycles. The Morgan fingerprint density at radius 3 is 1.30 bits per heavy atom. The van der Waals surface area contributed by atoms with Crippen molar-refractivity contribution >= 4 is 15.9 Å². The van der Waals surface area contributed by atoms with Crippen molar-refractivity contribution in [1.29, 1.82) is 0 Å². The summed E-state index contributed by atoms with van der Waals surface area (Å²) in [7, 11) is 0. The Kier molecular flexibility index (Phi) is 17.6. The smallest absolute Gasteiger partial charge is 0.0647 e. The fourth-order valence-electron chi connectivity index (χ4n) is 3.39. The lowest BCUT2D eigenvalue weighted by Crippen LogP contribution is -2.28. The lowest BCUT2D eigenvalue weighted by atomic mass is 9.85. The Bertz CT molecular complexity index is 214. The quantitative estimate of drug-likeness (QED) is 0.187. The molecule has 23 heavy (non-hydrogen) atoms.